The van der Waals surface area contributed by atoms with Gasteiger partial charge in [0.25, 0.3) is 0 Å². The number of nitrogens with zero attached hydrogens (tertiary/aromatic N) is 4. The molecule has 0 aliphatic heterocycles. The molecular weight excluding hydrogens is 1020 g/mol. The van der Waals surface area contributed by atoms with E-state index >= 15 is 0 Å². The average molecular weight is 1080 g/mol. The van der Waals surface area contributed by atoms with Crippen LogP contribution in [0.3, 0.4) is 0 Å². The van der Waals surface area contributed by atoms with Crippen LogP contribution >= 0.6 is 0 Å². The fourth-order valence-corrected chi connectivity index (χ4v) is 9.48. The van der Waals surface area contributed by atoms with E-state index in [4.69, 9.17) is 21.2 Å². The average Bonchev–Trinajstić information content (AvgIpc) is 4.07. The van der Waals surface area contributed by atoms with Crippen LogP contribution in [-0.4, -0.2) is 19.1 Å². The van der Waals surface area contributed by atoms with Crippen LogP contribution in [0.4, 0.5) is 0 Å². The van der Waals surface area contributed by atoms with Crippen molar-refractivity contribution >= 4 is 44.0 Å². The van der Waals surface area contributed by atoms with Crippen molar-refractivity contribution in [2.24, 2.45) is 0 Å². The summed E-state index contributed by atoms with van der Waals surface area (Å²) in [5, 5.41) is 2.18. The summed E-state index contributed by atoms with van der Waals surface area (Å²) in [5.41, 5.74) is 15.7. The van der Waals surface area contributed by atoms with E-state index in [0.29, 0.717) is 23.2 Å². The summed E-state index contributed by atoms with van der Waals surface area (Å²) in [6.07, 6.45) is 0. The third kappa shape index (κ3) is 8.77. The molecule has 69 heavy (non-hydrogen) atoms. The first-order valence-electron chi connectivity index (χ1n) is 26.0. The molecule has 1 radical (unpaired) electrons. The molecule has 0 unspecified atom stereocenters. The van der Waals surface area contributed by atoms with Crippen molar-refractivity contribution in [2.45, 2.75) is 85.9 Å². The van der Waals surface area contributed by atoms with E-state index in [1.807, 2.05) is 92.9 Å². The van der Waals surface area contributed by atoms with E-state index < -0.39 is 18.6 Å². The molecule has 3 aromatic heterocycles. The molecule has 0 saturated heterocycles. The standard InChI is InChI=1S/C37H31N2O.C26H27N2.Ir/c1-23(2)30-21-26(25-13-6-5-7-14-25)22-31(24(3)4)35(30)39-33-19-10-9-18-32(33)38-37(39)29-17-12-16-28-27-15-8-11-20-34(27)40-36(28)29;1-17(2)21-9-8-10-22(18(3)4)25(21)28-24-12-7-6-11-23(24)27-26(28)20-15-13-19(5)14-16-20;/h5-16,18-24H,1-4H3;6-15,17-18H,1-5H3;/q2*-1;/i;5D3,17D,18D;. The maximum Gasteiger partial charge on any atom is 0.120 e. The van der Waals surface area contributed by atoms with Gasteiger partial charge in [0.05, 0.1) is 39.3 Å². The molecule has 5 nitrogen and oxygen atoms in total. The van der Waals surface area contributed by atoms with Gasteiger partial charge in [0.1, 0.15) is 5.58 Å². The zero-order valence-electron chi connectivity index (χ0n) is 45.3. The number of aryl methyl sites for hydroxylation is 1. The second-order valence-corrected chi connectivity index (χ2v) is 18.6. The smallest absolute Gasteiger partial charge is 0.120 e. The Morgan fingerprint density at radius 1 is 0.536 bits per heavy atom. The number of rotatable bonds is 9. The molecule has 0 atom stereocenters. The van der Waals surface area contributed by atoms with Crippen LogP contribution in [0.5, 0.6) is 0 Å². The molecule has 11 rings (SSSR count). The van der Waals surface area contributed by atoms with E-state index in [9.17, 15) is 0 Å². The van der Waals surface area contributed by atoms with Gasteiger partial charge in [0, 0.05) is 43.7 Å². The molecule has 0 fully saturated rings. The zero-order chi connectivity index (χ0) is 51.6. The van der Waals surface area contributed by atoms with Crippen LogP contribution in [0.2, 0.25) is 0 Å². The van der Waals surface area contributed by atoms with Crippen molar-refractivity contribution in [3.8, 4) is 45.3 Å². The first-order valence-corrected chi connectivity index (χ1v) is 23.5. The molecular formula is C63H58IrN4O-2. The quantitative estimate of drug-likeness (QED) is 0.135. The molecule has 0 aliphatic carbocycles. The number of hydrogen-bond acceptors (Lipinski definition) is 3. The van der Waals surface area contributed by atoms with Crippen LogP contribution in [0, 0.1) is 19.0 Å². The Bertz CT molecular complexity index is 3760. The Hall–Kier alpha value is -6.85. The van der Waals surface area contributed by atoms with Crippen molar-refractivity contribution in [1.29, 1.82) is 0 Å². The summed E-state index contributed by atoms with van der Waals surface area (Å²) in [7, 11) is 0. The monoisotopic (exact) mass is 1080 g/mol. The largest absolute Gasteiger partial charge is 0.501 e. The minimum absolute atomic E-state index is 0. The van der Waals surface area contributed by atoms with Crippen LogP contribution < -0.4 is 0 Å². The number of fused-ring (bicyclic) bond motifs is 5. The molecule has 0 N–H and O–H groups in total. The zero-order valence-corrected chi connectivity index (χ0v) is 42.7. The third-order valence-electron chi connectivity index (χ3n) is 12.8. The Balaban J connectivity index is 0.000000183. The number of para-hydroxylation sites is 6. The molecule has 0 amide bonds. The normalized spacial score (nSPS) is 13.2. The van der Waals surface area contributed by atoms with E-state index in [-0.39, 0.29) is 25.7 Å². The van der Waals surface area contributed by atoms with Gasteiger partial charge < -0.3 is 13.6 Å². The van der Waals surface area contributed by atoms with Gasteiger partial charge in [-0.05, 0) is 99.5 Å². The van der Waals surface area contributed by atoms with E-state index in [1.54, 1.807) is 12.1 Å². The van der Waals surface area contributed by atoms with Crippen LogP contribution in [-0.2, 0) is 20.1 Å². The van der Waals surface area contributed by atoms with Gasteiger partial charge >= 0.3 is 0 Å². The second kappa shape index (κ2) is 19.6. The van der Waals surface area contributed by atoms with Crippen molar-refractivity contribution in [3.63, 3.8) is 0 Å². The number of hydrogen-bond donors (Lipinski definition) is 0. The Kier molecular flexibility index (Phi) is 11.7. The second-order valence-electron chi connectivity index (χ2n) is 18.6. The predicted octanol–water partition coefficient (Wildman–Crippen LogP) is 17.4. The summed E-state index contributed by atoms with van der Waals surface area (Å²) < 4.78 is 51.5. The number of imidazole rings is 2. The molecule has 0 saturated carbocycles. The topological polar surface area (TPSA) is 48.8 Å². The molecule has 3 heterocycles. The molecule has 6 heteroatoms. The van der Waals surface area contributed by atoms with Crippen LogP contribution in [0.1, 0.15) is 114 Å². The van der Waals surface area contributed by atoms with Gasteiger partial charge in [-0.1, -0.05) is 164 Å². The molecule has 0 spiro atoms. The summed E-state index contributed by atoms with van der Waals surface area (Å²) >= 11 is 0. The van der Waals surface area contributed by atoms with Gasteiger partial charge in [-0.3, -0.25) is 9.97 Å². The van der Waals surface area contributed by atoms with E-state index in [2.05, 4.69) is 129 Å². The van der Waals surface area contributed by atoms with Crippen molar-refractivity contribution in [3.05, 3.63) is 204 Å². The number of aromatic nitrogens is 4. The Labute approximate surface area is 427 Å². The Morgan fingerprint density at radius 3 is 1.70 bits per heavy atom. The number of furan rings is 1. The van der Waals surface area contributed by atoms with E-state index in [0.717, 1.165) is 72.2 Å². The van der Waals surface area contributed by atoms with Gasteiger partial charge in [-0.25, -0.2) is 0 Å². The maximum absolute atomic E-state index is 8.83. The van der Waals surface area contributed by atoms with Gasteiger partial charge in [0.2, 0.25) is 0 Å². The summed E-state index contributed by atoms with van der Waals surface area (Å²) in [6.45, 7) is 14.3. The summed E-state index contributed by atoms with van der Waals surface area (Å²) in [6, 6.07) is 61.0. The van der Waals surface area contributed by atoms with Crippen molar-refractivity contribution in [2.75, 3.05) is 0 Å². The van der Waals surface area contributed by atoms with Gasteiger partial charge in [-0.15, -0.1) is 53.6 Å². The fourth-order valence-electron chi connectivity index (χ4n) is 9.48. The summed E-state index contributed by atoms with van der Waals surface area (Å²) in [5.74, 6) is 0.201. The minimum atomic E-state index is -2.21. The summed E-state index contributed by atoms with van der Waals surface area (Å²) in [4.78, 5) is 10.1. The van der Waals surface area contributed by atoms with Gasteiger partial charge in [-0.2, -0.15) is 0 Å². The van der Waals surface area contributed by atoms with Crippen LogP contribution in [0.15, 0.2) is 168 Å². The molecule has 347 valence electrons. The SMILES string of the molecule is CC(C)c1cc(-c2ccccc2)cc(C(C)C)c1-n1c(-c2[c-]ccc3c2oc2ccccc23)nc2ccccc21.[2H]C([2H])([2H])c1c[c-]c(-c2nc3ccccc3n2-c2c(C([2H])(C)C)cccc2C([2H])(C)C)cc1.[Ir]. The molecule has 0 aliphatic rings. The van der Waals surface area contributed by atoms with Crippen LogP contribution in [0.25, 0.3) is 89.3 Å². The van der Waals surface area contributed by atoms with Crippen molar-refractivity contribution in [1.82, 2.24) is 19.1 Å². The fraction of sp³-hybridized carbons (Fsp3) is 0.206. The maximum atomic E-state index is 8.83. The Morgan fingerprint density at radius 2 is 1.10 bits per heavy atom. The number of benzene rings is 8. The van der Waals surface area contributed by atoms with E-state index in [1.165, 1.54) is 34.0 Å². The minimum Gasteiger partial charge on any atom is -0.501 e. The van der Waals surface area contributed by atoms with Gasteiger partial charge in [0.15, 0.2) is 0 Å². The molecule has 8 aromatic carbocycles. The third-order valence-corrected chi connectivity index (χ3v) is 12.8. The molecule has 11 aromatic rings. The van der Waals surface area contributed by atoms with Crippen molar-refractivity contribution < 1.29 is 31.4 Å². The first-order chi connectivity index (χ1) is 34.8. The molecule has 0 bridgehead atoms. The first kappa shape index (κ1) is 41.1. The predicted molar refractivity (Wildman–Crippen MR) is 284 cm³/mol.